The molecular formula is C22H19ClN2O3. The molecule has 4 rings (SSSR count). The Kier molecular flexibility index (Phi) is 5.08. The summed E-state index contributed by atoms with van der Waals surface area (Å²) in [4.78, 5) is 13.1. The molecule has 1 heterocycles. The number of aryl methyl sites for hydroxylation is 1. The average molecular weight is 395 g/mol. The highest BCUT2D eigenvalue weighted by atomic mass is 35.5. The highest BCUT2D eigenvalue weighted by Crippen LogP contribution is 2.35. The number of halogens is 1. The number of hydrogen-bond donors (Lipinski definition) is 2. The first kappa shape index (κ1) is 18.2. The van der Waals surface area contributed by atoms with Gasteiger partial charge in [0.2, 0.25) is 6.79 Å². The Morgan fingerprint density at radius 3 is 2.50 bits per heavy atom. The maximum absolute atomic E-state index is 13.1. The number of benzene rings is 3. The highest BCUT2D eigenvalue weighted by molar-refractivity contribution is 6.31. The van der Waals surface area contributed by atoms with Crippen LogP contribution in [0.5, 0.6) is 11.5 Å². The first-order valence-corrected chi connectivity index (χ1v) is 9.26. The number of hydrogen-bond acceptors (Lipinski definition) is 4. The van der Waals surface area contributed by atoms with Crippen LogP contribution >= 0.6 is 11.6 Å². The highest BCUT2D eigenvalue weighted by Gasteiger charge is 2.22. The fourth-order valence-electron chi connectivity index (χ4n) is 2.98. The molecule has 1 amide bonds. The second-order valence-corrected chi connectivity index (χ2v) is 6.92. The largest absolute Gasteiger partial charge is 0.454 e. The first-order chi connectivity index (χ1) is 13.6. The molecule has 3 aromatic rings. The van der Waals surface area contributed by atoms with Gasteiger partial charge in [0.15, 0.2) is 11.5 Å². The first-order valence-electron chi connectivity index (χ1n) is 8.88. The van der Waals surface area contributed by atoms with E-state index in [1.165, 1.54) is 0 Å². The molecule has 1 aliphatic rings. The predicted molar refractivity (Wildman–Crippen MR) is 110 cm³/mol. The third kappa shape index (κ3) is 3.89. The van der Waals surface area contributed by atoms with E-state index >= 15 is 0 Å². The zero-order valence-corrected chi connectivity index (χ0v) is 16.0. The molecule has 28 heavy (non-hydrogen) atoms. The smallest absolute Gasteiger partial charge is 0.251 e. The molecule has 6 heteroatoms. The zero-order valence-electron chi connectivity index (χ0n) is 15.2. The van der Waals surface area contributed by atoms with Crippen LogP contribution in [-0.2, 0) is 4.79 Å². The van der Waals surface area contributed by atoms with E-state index in [2.05, 4.69) is 10.6 Å². The number of fused-ring (bicyclic) bond motifs is 1. The Balaban J connectivity index is 1.60. The molecule has 0 spiro atoms. The second kappa shape index (κ2) is 7.82. The van der Waals surface area contributed by atoms with Gasteiger partial charge < -0.3 is 20.1 Å². The Morgan fingerprint density at radius 1 is 0.964 bits per heavy atom. The monoisotopic (exact) mass is 394 g/mol. The molecule has 5 nitrogen and oxygen atoms in total. The van der Waals surface area contributed by atoms with Crippen molar-refractivity contribution in [1.29, 1.82) is 0 Å². The van der Waals surface area contributed by atoms with Crippen LogP contribution in [0.1, 0.15) is 17.2 Å². The molecule has 142 valence electrons. The number of carbonyl (C=O) groups excluding carboxylic acids is 1. The SMILES string of the molecule is Cc1ccc(NC(=O)[C@H](Nc2ccc3c(c2)OCO3)c2ccccc2)cc1Cl. The van der Waals surface area contributed by atoms with Gasteiger partial charge in [-0.1, -0.05) is 48.0 Å². The van der Waals surface area contributed by atoms with Crippen LogP contribution in [-0.4, -0.2) is 12.7 Å². The number of anilines is 2. The Labute approximate surface area is 168 Å². The minimum absolute atomic E-state index is 0.191. The fourth-order valence-corrected chi connectivity index (χ4v) is 3.16. The van der Waals surface area contributed by atoms with E-state index < -0.39 is 6.04 Å². The number of amides is 1. The Hall–Kier alpha value is -3.18. The van der Waals surface area contributed by atoms with Gasteiger partial charge >= 0.3 is 0 Å². The fraction of sp³-hybridized carbons (Fsp3) is 0.136. The van der Waals surface area contributed by atoms with Crippen molar-refractivity contribution in [2.24, 2.45) is 0 Å². The van der Waals surface area contributed by atoms with Crippen LogP contribution in [0.2, 0.25) is 5.02 Å². The van der Waals surface area contributed by atoms with Crippen molar-refractivity contribution in [3.63, 3.8) is 0 Å². The van der Waals surface area contributed by atoms with E-state index in [-0.39, 0.29) is 12.7 Å². The van der Waals surface area contributed by atoms with Gasteiger partial charge in [-0.3, -0.25) is 4.79 Å². The molecule has 0 bridgehead atoms. The van der Waals surface area contributed by atoms with Gasteiger partial charge in [-0.15, -0.1) is 0 Å². The van der Waals surface area contributed by atoms with Crippen molar-refractivity contribution in [1.82, 2.24) is 0 Å². The third-order valence-corrected chi connectivity index (χ3v) is 4.93. The van der Waals surface area contributed by atoms with Gasteiger partial charge in [0.1, 0.15) is 6.04 Å². The molecule has 1 aliphatic heterocycles. The number of ether oxygens (including phenoxy) is 2. The lowest BCUT2D eigenvalue weighted by molar-refractivity contribution is -0.117. The summed E-state index contributed by atoms with van der Waals surface area (Å²) in [7, 11) is 0. The molecule has 0 unspecified atom stereocenters. The number of carbonyl (C=O) groups is 1. The van der Waals surface area contributed by atoms with Crippen LogP contribution in [0.15, 0.2) is 66.7 Å². The summed E-state index contributed by atoms with van der Waals surface area (Å²) in [6.45, 7) is 2.12. The maximum Gasteiger partial charge on any atom is 0.251 e. The van der Waals surface area contributed by atoms with Crippen LogP contribution in [0.3, 0.4) is 0 Å². The van der Waals surface area contributed by atoms with Gasteiger partial charge in [0.05, 0.1) is 0 Å². The van der Waals surface area contributed by atoms with Crippen LogP contribution in [0.4, 0.5) is 11.4 Å². The summed E-state index contributed by atoms with van der Waals surface area (Å²) < 4.78 is 10.8. The lowest BCUT2D eigenvalue weighted by atomic mass is 10.1. The molecule has 0 fully saturated rings. The predicted octanol–water partition coefficient (Wildman–Crippen LogP) is 5.17. The van der Waals surface area contributed by atoms with E-state index in [1.807, 2.05) is 67.6 Å². The lowest BCUT2D eigenvalue weighted by Gasteiger charge is -2.20. The molecule has 0 radical (unpaired) electrons. The summed E-state index contributed by atoms with van der Waals surface area (Å²) in [5.41, 5.74) is 3.21. The quantitative estimate of drug-likeness (QED) is 0.626. The van der Waals surface area contributed by atoms with Crippen LogP contribution < -0.4 is 20.1 Å². The Morgan fingerprint density at radius 2 is 1.71 bits per heavy atom. The molecule has 0 aliphatic carbocycles. The van der Waals surface area contributed by atoms with Crippen molar-refractivity contribution in [3.8, 4) is 11.5 Å². The average Bonchev–Trinajstić information content (AvgIpc) is 3.17. The molecule has 2 N–H and O–H groups in total. The van der Waals surface area contributed by atoms with Crippen molar-refractivity contribution >= 4 is 28.9 Å². The normalized spacial score (nSPS) is 13.1. The van der Waals surface area contributed by atoms with Gasteiger partial charge in [-0.25, -0.2) is 0 Å². The summed E-state index contributed by atoms with van der Waals surface area (Å²) >= 11 is 6.19. The number of nitrogens with one attached hydrogen (secondary N) is 2. The van der Waals surface area contributed by atoms with Gasteiger partial charge in [0.25, 0.3) is 5.91 Å². The zero-order chi connectivity index (χ0) is 19.5. The Bertz CT molecular complexity index is 1010. The molecule has 0 saturated heterocycles. The molecule has 0 saturated carbocycles. The summed E-state index contributed by atoms with van der Waals surface area (Å²) in [6.07, 6.45) is 0. The van der Waals surface area contributed by atoms with E-state index in [0.29, 0.717) is 22.2 Å². The van der Waals surface area contributed by atoms with Crippen molar-refractivity contribution in [2.75, 3.05) is 17.4 Å². The van der Waals surface area contributed by atoms with Crippen molar-refractivity contribution < 1.29 is 14.3 Å². The second-order valence-electron chi connectivity index (χ2n) is 6.51. The van der Waals surface area contributed by atoms with Crippen LogP contribution in [0, 0.1) is 6.92 Å². The summed E-state index contributed by atoms with van der Waals surface area (Å²) in [6, 6.07) is 19.9. The molecule has 3 aromatic carbocycles. The van der Waals surface area contributed by atoms with Crippen molar-refractivity contribution in [2.45, 2.75) is 13.0 Å². The van der Waals surface area contributed by atoms with Gasteiger partial charge in [0, 0.05) is 22.5 Å². The van der Waals surface area contributed by atoms with E-state index in [1.54, 1.807) is 6.07 Å². The third-order valence-electron chi connectivity index (χ3n) is 4.52. The van der Waals surface area contributed by atoms with E-state index in [0.717, 1.165) is 16.8 Å². The summed E-state index contributed by atoms with van der Waals surface area (Å²) in [5.74, 6) is 1.16. The standard InChI is InChI=1S/C22H19ClN2O3/c1-14-7-8-16(11-18(14)23)25-22(26)21(15-5-3-2-4-6-15)24-17-9-10-19-20(12-17)28-13-27-19/h2-12,21,24H,13H2,1H3,(H,25,26)/t21-/m1/s1. The maximum atomic E-state index is 13.1. The minimum atomic E-state index is -0.596. The lowest BCUT2D eigenvalue weighted by Crippen LogP contribution is -2.27. The van der Waals surface area contributed by atoms with Crippen molar-refractivity contribution in [3.05, 3.63) is 82.9 Å². The number of rotatable bonds is 5. The van der Waals surface area contributed by atoms with Gasteiger partial charge in [-0.05, 0) is 42.3 Å². The molecular weight excluding hydrogens is 376 g/mol. The minimum Gasteiger partial charge on any atom is -0.454 e. The van der Waals surface area contributed by atoms with E-state index in [9.17, 15) is 4.79 Å². The van der Waals surface area contributed by atoms with Gasteiger partial charge in [-0.2, -0.15) is 0 Å². The molecule has 0 aromatic heterocycles. The molecule has 1 atom stereocenters. The summed E-state index contributed by atoms with van der Waals surface area (Å²) in [5, 5.41) is 6.84. The topological polar surface area (TPSA) is 59.6 Å². The van der Waals surface area contributed by atoms with Crippen LogP contribution in [0.25, 0.3) is 0 Å². The van der Waals surface area contributed by atoms with E-state index in [4.69, 9.17) is 21.1 Å².